The highest BCUT2D eigenvalue weighted by atomic mass is 15.3. The molecule has 0 radical (unpaired) electrons. The Labute approximate surface area is 85.1 Å². The van der Waals surface area contributed by atoms with Crippen LogP contribution in [0.25, 0.3) is 0 Å². The fourth-order valence-corrected chi connectivity index (χ4v) is 1.80. The monoisotopic (exact) mass is 191 g/mol. The Morgan fingerprint density at radius 2 is 1.93 bits per heavy atom. The molecule has 2 heterocycles. The van der Waals surface area contributed by atoms with E-state index in [0.717, 1.165) is 30.5 Å². The molecule has 0 aromatic carbocycles. The zero-order chi connectivity index (χ0) is 9.97. The number of aryl methyl sites for hydroxylation is 1. The normalized spacial score (nSPS) is 18.6. The van der Waals surface area contributed by atoms with Crippen molar-refractivity contribution in [2.45, 2.75) is 26.7 Å². The third kappa shape index (κ3) is 2.03. The summed E-state index contributed by atoms with van der Waals surface area (Å²) in [6.45, 7) is 6.53. The van der Waals surface area contributed by atoms with Gasteiger partial charge in [-0.05, 0) is 37.8 Å². The van der Waals surface area contributed by atoms with Crippen molar-refractivity contribution < 1.29 is 0 Å². The number of piperidine rings is 1. The molecule has 1 aliphatic rings. The molecule has 0 unspecified atom stereocenters. The second kappa shape index (κ2) is 3.95. The van der Waals surface area contributed by atoms with Gasteiger partial charge in [-0.1, -0.05) is 6.92 Å². The van der Waals surface area contributed by atoms with Crippen LogP contribution in [0.3, 0.4) is 0 Å². The van der Waals surface area contributed by atoms with Crippen molar-refractivity contribution in [3.8, 4) is 0 Å². The minimum absolute atomic E-state index is 0.865. The highest BCUT2D eigenvalue weighted by Crippen LogP contribution is 2.20. The fraction of sp³-hybridized carbons (Fsp3) is 0.636. The number of nitrogens with zero attached hydrogens (tertiary/aromatic N) is 3. The summed E-state index contributed by atoms with van der Waals surface area (Å²) in [7, 11) is 0. The van der Waals surface area contributed by atoms with E-state index in [2.05, 4.69) is 28.1 Å². The van der Waals surface area contributed by atoms with Crippen LogP contribution in [-0.4, -0.2) is 23.3 Å². The first-order chi connectivity index (χ1) is 6.75. The maximum Gasteiger partial charge on any atom is 0.151 e. The maximum absolute atomic E-state index is 4.20. The predicted molar refractivity (Wildman–Crippen MR) is 57.4 cm³/mol. The van der Waals surface area contributed by atoms with Crippen LogP contribution in [0, 0.1) is 12.8 Å². The third-order valence-electron chi connectivity index (χ3n) is 2.89. The predicted octanol–water partition coefficient (Wildman–Crippen LogP) is 2.02. The van der Waals surface area contributed by atoms with Crippen molar-refractivity contribution in [1.82, 2.24) is 10.2 Å². The van der Waals surface area contributed by atoms with E-state index in [1.807, 2.05) is 13.0 Å². The molecule has 3 nitrogen and oxygen atoms in total. The second-order valence-corrected chi connectivity index (χ2v) is 4.20. The van der Waals surface area contributed by atoms with Gasteiger partial charge < -0.3 is 4.90 Å². The minimum atomic E-state index is 0.865. The number of hydrogen-bond acceptors (Lipinski definition) is 3. The van der Waals surface area contributed by atoms with Crippen LogP contribution >= 0.6 is 0 Å². The molecule has 1 saturated heterocycles. The van der Waals surface area contributed by atoms with E-state index in [1.54, 1.807) is 0 Å². The molecule has 0 saturated carbocycles. The van der Waals surface area contributed by atoms with E-state index in [9.17, 15) is 0 Å². The van der Waals surface area contributed by atoms with Crippen molar-refractivity contribution in [3.63, 3.8) is 0 Å². The van der Waals surface area contributed by atoms with Crippen LogP contribution in [0.4, 0.5) is 5.82 Å². The van der Waals surface area contributed by atoms with Crippen LogP contribution in [0.1, 0.15) is 25.5 Å². The number of rotatable bonds is 1. The van der Waals surface area contributed by atoms with E-state index >= 15 is 0 Å². The van der Waals surface area contributed by atoms with Gasteiger partial charge in [0.25, 0.3) is 0 Å². The van der Waals surface area contributed by atoms with Gasteiger partial charge in [0.15, 0.2) is 5.82 Å². The van der Waals surface area contributed by atoms with Crippen LogP contribution in [0.15, 0.2) is 12.1 Å². The summed E-state index contributed by atoms with van der Waals surface area (Å²) in [6, 6.07) is 4.10. The summed E-state index contributed by atoms with van der Waals surface area (Å²) in [6.07, 6.45) is 2.55. The smallest absolute Gasteiger partial charge is 0.151 e. The Kier molecular flexibility index (Phi) is 2.66. The third-order valence-corrected chi connectivity index (χ3v) is 2.89. The molecule has 76 valence electrons. The van der Waals surface area contributed by atoms with Gasteiger partial charge in [0, 0.05) is 13.1 Å². The van der Waals surface area contributed by atoms with Gasteiger partial charge in [-0.3, -0.25) is 0 Å². The average molecular weight is 191 g/mol. The van der Waals surface area contributed by atoms with Gasteiger partial charge in [0.1, 0.15) is 0 Å². The summed E-state index contributed by atoms with van der Waals surface area (Å²) in [5.74, 6) is 1.90. The summed E-state index contributed by atoms with van der Waals surface area (Å²) in [5.41, 5.74) is 0.985. The molecule has 0 spiro atoms. The van der Waals surface area contributed by atoms with Gasteiger partial charge in [-0.25, -0.2) is 0 Å². The lowest BCUT2D eigenvalue weighted by Gasteiger charge is -2.30. The van der Waals surface area contributed by atoms with Gasteiger partial charge in [-0.2, -0.15) is 5.10 Å². The van der Waals surface area contributed by atoms with Crippen molar-refractivity contribution in [1.29, 1.82) is 0 Å². The molecule has 0 atom stereocenters. The van der Waals surface area contributed by atoms with Crippen molar-refractivity contribution in [3.05, 3.63) is 17.8 Å². The SMILES string of the molecule is Cc1ccc(N2CCC(C)CC2)nn1. The molecule has 0 bridgehead atoms. The number of anilines is 1. The molecule has 2 rings (SSSR count). The highest BCUT2D eigenvalue weighted by Gasteiger charge is 2.16. The summed E-state index contributed by atoms with van der Waals surface area (Å²) in [4.78, 5) is 2.33. The topological polar surface area (TPSA) is 29.0 Å². The van der Waals surface area contributed by atoms with Crippen LogP contribution < -0.4 is 4.90 Å². The van der Waals surface area contributed by atoms with Gasteiger partial charge in [-0.15, -0.1) is 5.10 Å². The van der Waals surface area contributed by atoms with Crippen molar-refractivity contribution in [2.75, 3.05) is 18.0 Å². The van der Waals surface area contributed by atoms with E-state index in [-0.39, 0.29) is 0 Å². The Bertz CT molecular complexity index is 286. The summed E-state index contributed by atoms with van der Waals surface area (Å²) in [5, 5.41) is 8.28. The molecule has 3 heteroatoms. The fourth-order valence-electron chi connectivity index (χ4n) is 1.80. The Morgan fingerprint density at radius 1 is 1.21 bits per heavy atom. The Morgan fingerprint density at radius 3 is 2.50 bits per heavy atom. The van der Waals surface area contributed by atoms with E-state index < -0.39 is 0 Å². The van der Waals surface area contributed by atoms with Crippen LogP contribution in [-0.2, 0) is 0 Å². The lowest BCUT2D eigenvalue weighted by atomic mass is 9.99. The molecule has 1 aliphatic heterocycles. The lowest BCUT2D eigenvalue weighted by molar-refractivity contribution is 0.436. The number of hydrogen-bond donors (Lipinski definition) is 0. The second-order valence-electron chi connectivity index (χ2n) is 4.20. The lowest BCUT2D eigenvalue weighted by Crippen LogP contribution is -2.33. The molecule has 1 aromatic rings. The van der Waals surface area contributed by atoms with Gasteiger partial charge in [0.05, 0.1) is 5.69 Å². The Hall–Kier alpha value is -1.12. The first-order valence-electron chi connectivity index (χ1n) is 5.31. The molecule has 1 fully saturated rings. The van der Waals surface area contributed by atoms with Crippen LogP contribution in [0.2, 0.25) is 0 Å². The molecule has 0 N–H and O–H groups in total. The summed E-state index contributed by atoms with van der Waals surface area (Å²) < 4.78 is 0. The first kappa shape index (κ1) is 9.44. The van der Waals surface area contributed by atoms with E-state index in [4.69, 9.17) is 0 Å². The van der Waals surface area contributed by atoms with Crippen LogP contribution in [0.5, 0.6) is 0 Å². The molecule has 14 heavy (non-hydrogen) atoms. The van der Waals surface area contributed by atoms with Crippen molar-refractivity contribution >= 4 is 5.82 Å². The first-order valence-corrected chi connectivity index (χ1v) is 5.31. The van der Waals surface area contributed by atoms with Crippen molar-refractivity contribution in [2.24, 2.45) is 5.92 Å². The molecule has 1 aromatic heterocycles. The standard InChI is InChI=1S/C11H17N3/c1-9-5-7-14(8-6-9)11-4-3-10(2)12-13-11/h3-4,9H,5-8H2,1-2H3. The summed E-state index contributed by atoms with van der Waals surface area (Å²) >= 11 is 0. The quantitative estimate of drug-likeness (QED) is 0.680. The highest BCUT2D eigenvalue weighted by molar-refractivity contribution is 5.37. The Balaban J connectivity index is 2.05. The van der Waals surface area contributed by atoms with Gasteiger partial charge in [0.2, 0.25) is 0 Å². The molecule has 0 amide bonds. The minimum Gasteiger partial charge on any atom is -0.355 e. The van der Waals surface area contributed by atoms with E-state index in [1.165, 1.54) is 12.8 Å². The number of aromatic nitrogens is 2. The van der Waals surface area contributed by atoms with Gasteiger partial charge >= 0.3 is 0 Å². The maximum atomic E-state index is 4.20. The molecule has 0 aliphatic carbocycles. The zero-order valence-corrected chi connectivity index (χ0v) is 8.90. The average Bonchev–Trinajstić information content (AvgIpc) is 2.21. The van der Waals surface area contributed by atoms with E-state index in [0.29, 0.717) is 0 Å². The largest absolute Gasteiger partial charge is 0.355 e. The zero-order valence-electron chi connectivity index (χ0n) is 8.90. The molecular formula is C11H17N3. The molecular weight excluding hydrogens is 174 g/mol.